The fourth-order valence-corrected chi connectivity index (χ4v) is 2.32. The van der Waals surface area contributed by atoms with Gasteiger partial charge < -0.3 is 15.0 Å². The van der Waals surface area contributed by atoms with Crippen molar-refractivity contribution in [1.82, 2.24) is 15.2 Å². The Bertz CT molecular complexity index is 600. The van der Waals surface area contributed by atoms with Crippen molar-refractivity contribution in [1.29, 1.82) is 0 Å². The molecule has 0 saturated carbocycles. The lowest BCUT2D eigenvalue weighted by Crippen LogP contribution is -2.44. The van der Waals surface area contributed by atoms with E-state index in [4.69, 9.17) is 0 Å². The van der Waals surface area contributed by atoms with Crippen LogP contribution in [-0.4, -0.2) is 47.4 Å². The third-order valence-corrected chi connectivity index (χ3v) is 3.41. The molecule has 1 aliphatic heterocycles. The SMILES string of the molecule is C=C(NC(=O)c1ccccn1)C(=O)N1CCC[C@H]1C(=O)OC. The molecule has 1 aliphatic rings. The molecule has 22 heavy (non-hydrogen) atoms. The highest BCUT2D eigenvalue weighted by atomic mass is 16.5. The van der Waals surface area contributed by atoms with Crippen LogP contribution in [0.2, 0.25) is 0 Å². The van der Waals surface area contributed by atoms with Crippen molar-refractivity contribution >= 4 is 17.8 Å². The smallest absolute Gasteiger partial charge is 0.328 e. The van der Waals surface area contributed by atoms with Crippen LogP contribution >= 0.6 is 0 Å². The number of aromatic nitrogens is 1. The molecule has 1 N–H and O–H groups in total. The summed E-state index contributed by atoms with van der Waals surface area (Å²) in [6.07, 6.45) is 2.72. The first-order chi connectivity index (χ1) is 10.5. The summed E-state index contributed by atoms with van der Waals surface area (Å²) in [6.45, 7) is 4.01. The van der Waals surface area contributed by atoms with Crippen LogP contribution in [0.3, 0.4) is 0 Å². The van der Waals surface area contributed by atoms with Crippen LogP contribution in [0, 0.1) is 0 Å². The van der Waals surface area contributed by atoms with Gasteiger partial charge in [-0.05, 0) is 25.0 Å². The van der Waals surface area contributed by atoms with Crippen molar-refractivity contribution in [3.8, 4) is 0 Å². The molecule has 1 saturated heterocycles. The minimum Gasteiger partial charge on any atom is -0.467 e. The Morgan fingerprint density at radius 2 is 2.18 bits per heavy atom. The van der Waals surface area contributed by atoms with Gasteiger partial charge in [-0.1, -0.05) is 12.6 Å². The maximum absolute atomic E-state index is 12.3. The fourth-order valence-electron chi connectivity index (χ4n) is 2.32. The van der Waals surface area contributed by atoms with Gasteiger partial charge in [0.15, 0.2) is 0 Å². The summed E-state index contributed by atoms with van der Waals surface area (Å²) in [5.74, 6) is -1.47. The van der Waals surface area contributed by atoms with Gasteiger partial charge in [-0.15, -0.1) is 0 Å². The van der Waals surface area contributed by atoms with E-state index < -0.39 is 23.8 Å². The summed E-state index contributed by atoms with van der Waals surface area (Å²) in [7, 11) is 1.28. The van der Waals surface area contributed by atoms with Crippen molar-refractivity contribution in [3.63, 3.8) is 0 Å². The molecular formula is C15H17N3O4. The van der Waals surface area contributed by atoms with Gasteiger partial charge in [0, 0.05) is 12.7 Å². The van der Waals surface area contributed by atoms with Gasteiger partial charge in [0.1, 0.15) is 11.7 Å². The minimum absolute atomic E-state index is 0.0912. The van der Waals surface area contributed by atoms with E-state index in [0.717, 1.165) is 0 Å². The van der Waals surface area contributed by atoms with Gasteiger partial charge in [0.2, 0.25) is 0 Å². The normalized spacial score (nSPS) is 17.0. The third kappa shape index (κ3) is 3.30. The lowest BCUT2D eigenvalue weighted by atomic mass is 10.2. The molecule has 2 heterocycles. The number of hydrogen-bond acceptors (Lipinski definition) is 5. The highest BCUT2D eigenvalue weighted by Gasteiger charge is 2.36. The Labute approximate surface area is 128 Å². The molecule has 0 radical (unpaired) electrons. The zero-order valence-corrected chi connectivity index (χ0v) is 12.2. The molecule has 0 unspecified atom stereocenters. The van der Waals surface area contributed by atoms with E-state index in [1.54, 1.807) is 12.1 Å². The van der Waals surface area contributed by atoms with Gasteiger partial charge in [0.25, 0.3) is 11.8 Å². The van der Waals surface area contributed by atoms with Crippen molar-refractivity contribution in [2.45, 2.75) is 18.9 Å². The number of nitrogens with zero attached hydrogens (tertiary/aromatic N) is 2. The van der Waals surface area contributed by atoms with Crippen LogP contribution in [0.1, 0.15) is 23.3 Å². The van der Waals surface area contributed by atoms with E-state index in [0.29, 0.717) is 19.4 Å². The van der Waals surface area contributed by atoms with E-state index in [1.807, 2.05) is 0 Å². The standard InChI is InChI=1S/C15H17N3O4/c1-10(17-13(19)11-6-3-4-8-16-11)14(20)18-9-5-7-12(18)15(21)22-2/h3-4,6,8,12H,1,5,7,9H2,2H3,(H,17,19)/t12-/m0/s1. The van der Waals surface area contributed by atoms with Crippen LogP contribution in [0.15, 0.2) is 36.7 Å². The van der Waals surface area contributed by atoms with E-state index in [1.165, 1.54) is 24.3 Å². The van der Waals surface area contributed by atoms with Crippen molar-refractivity contribution in [3.05, 3.63) is 42.4 Å². The molecule has 0 aromatic carbocycles. The summed E-state index contributed by atoms with van der Waals surface area (Å²) < 4.78 is 4.68. The highest BCUT2D eigenvalue weighted by molar-refractivity contribution is 6.02. The molecule has 1 atom stereocenters. The van der Waals surface area contributed by atoms with Gasteiger partial charge in [-0.2, -0.15) is 0 Å². The Hall–Kier alpha value is -2.70. The molecular weight excluding hydrogens is 286 g/mol. The molecule has 7 heteroatoms. The second kappa shape index (κ2) is 6.84. The van der Waals surface area contributed by atoms with E-state index in [-0.39, 0.29) is 11.4 Å². The van der Waals surface area contributed by atoms with Gasteiger partial charge in [0.05, 0.1) is 12.8 Å². The Morgan fingerprint density at radius 1 is 1.41 bits per heavy atom. The number of likely N-dealkylation sites (tertiary alicyclic amines) is 1. The average Bonchev–Trinajstić information content (AvgIpc) is 3.03. The number of nitrogens with one attached hydrogen (secondary N) is 1. The Balaban J connectivity index is 2.02. The first-order valence-corrected chi connectivity index (χ1v) is 6.84. The van der Waals surface area contributed by atoms with Crippen molar-refractivity contribution < 1.29 is 19.1 Å². The van der Waals surface area contributed by atoms with E-state index >= 15 is 0 Å². The number of esters is 1. The van der Waals surface area contributed by atoms with E-state index in [2.05, 4.69) is 21.6 Å². The Kier molecular flexibility index (Phi) is 4.88. The number of ether oxygens (including phenoxy) is 1. The highest BCUT2D eigenvalue weighted by Crippen LogP contribution is 2.19. The van der Waals surface area contributed by atoms with Crippen molar-refractivity contribution in [2.75, 3.05) is 13.7 Å². The first kappa shape index (κ1) is 15.7. The van der Waals surface area contributed by atoms with Gasteiger partial charge in [-0.3, -0.25) is 14.6 Å². The van der Waals surface area contributed by atoms with Crippen LogP contribution in [-0.2, 0) is 14.3 Å². The molecule has 0 bridgehead atoms. The molecule has 2 amide bonds. The zero-order chi connectivity index (χ0) is 16.1. The summed E-state index contributed by atoms with van der Waals surface area (Å²) >= 11 is 0. The molecule has 1 fully saturated rings. The third-order valence-electron chi connectivity index (χ3n) is 3.41. The Morgan fingerprint density at radius 3 is 2.82 bits per heavy atom. The minimum atomic E-state index is -0.624. The predicted molar refractivity (Wildman–Crippen MR) is 77.6 cm³/mol. The molecule has 7 nitrogen and oxygen atoms in total. The number of methoxy groups -OCH3 is 1. The monoisotopic (exact) mass is 303 g/mol. The second-order valence-electron chi connectivity index (χ2n) is 4.83. The lowest BCUT2D eigenvalue weighted by molar-refractivity contribution is -0.149. The predicted octanol–water partition coefficient (Wildman–Crippen LogP) is 0.489. The van der Waals surface area contributed by atoms with E-state index in [9.17, 15) is 14.4 Å². The average molecular weight is 303 g/mol. The number of rotatable bonds is 4. The van der Waals surface area contributed by atoms with Crippen molar-refractivity contribution in [2.24, 2.45) is 0 Å². The first-order valence-electron chi connectivity index (χ1n) is 6.84. The summed E-state index contributed by atoms with van der Waals surface area (Å²) in [4.78, 5) is 41.2. The van der Waals surface area contributed by atoms with Crippen LogP contribution < -0.4 is 5.32 Å². The van der Waals surface area contributed by atoms with Crippen LogP contribution in [0.4, 0.5) is 0 Å². The fraction of sp³-hybridized carbons (Fsp3) is 0.333. The molecule has 1 aromatic rings. The zero-order valence-electron chi connectivity index (χ0n) is 12.2. The quantitative estimate of drug-likeness (QED) is 0.646. The molecule has 0 spiro atoms. The van der Waals surface area contributed by atoms with Crippen LogP contribution in [0.5, 0.6) is 0 Å². The molecule has 2 rings (SSSR count). The number of amides is 2. The maximum Gasteiger partial charge on any atom is 0.328 e. The lowest BCUT2D eigenvalue weighted by Gasteiger charge is -2.23. The maximum atomic E-state index is 12.3. The summed E-state index contributed by atoms with van der Waals surface area (Å²) in [5.41, 5.74) is 0.0915. The number of pyridine rings is 1. The largest absolute Gasteiger partial charge is 0.467 e. The molecule has 1 aromatic heterocycles. The summed E-state index contributed by atoms with van der Waals surface area (Å²) in [6, 6.07) is 4.25. The van der Waals surface area contributed by atoms with Gasteiger partial charge >= 0.3 is 5.97 Å². The number of carbonyl (C=O) groups excluding carboxylic acids is 3. The molecule has 116 valence electrons. The molecule has 0 aliphatic carbocycles. The topological polar surface area (TPSA) is 88.6 Å². The summed E-state index contributed by atoms with van der Waals surface area (Å²) in [5, 5.41) is 2.41. The van der Waals surface area contributed by atoms with Gasteiger partial charge in [-0.25, -0.2) is 4.79 Å². The number of carbonyl (C=O) groups is 3. The van der Waals surface area contributed by atoms with Crippen LogP contribution in [0.25, 0.3) is 0 Å². The number of hydrogen-bond donors (Lipinski definition) is 1. The second-order valence-corrected chi connectivity index (χ2v) is 4.83.